The number of hydrogen-bond donors (Lipinski definition) is 0. The lowest BCUT2D eigenvalue weighted by Crippen LogP contribution is -2.43. The molecule has 10 heteroatoms. The van der Waals surface area contributed by atoms with Crippen LogP contribution < -0.4 is 0 Å². The van der Waals surface area contributed by atoms with Gasteiger partial charge in [0.2, 0.25) is 0 Å². The second-order valence-corrected chi connectivity index (χ2v) is 8.41. The molecule has 0 aliphatic heterocycles. The molecule has 0 heterocycles. The third-order valence-electron chi connectivity index (χ3n) is 4.64. The maximum absolute atomic E-state index is 11.8. The van der Waals surface area contributed by atoms with Crippen LogP contribution in [-0.2, 0) is 47.6 Å². The molecule has 0 atom stereocenters. The third-order valence-corrected chi connectivity index (χ3v) is 4.64. The molecule has 0 fully saturated rings. The van der Waals surface area contributed by atoms with Gasteiger partial charge in [-0.15, -0.1) is 0 Å². The Kier molecular flexibility index (Phi) is 17.3. The Morgan fingerprint density at radius 2 is 1.06 bits per heavy atom. The van der Waals surface area contributed by atoms with E-state index in [0.29, 0.717) is 12.5 Å². The van der Waals surface area contributed by atoms with Crippen LogP contribution in [0.25, 0.3) is 0 Å². The molecule has 0 bridgehead atoms. The molecule has 0 radical (unpaired) electrons. The maximum atomic E-state index is 11.8. The highest BCUT2D eigenvalue weighted by Crippen LogP contribution is 2.22. The highest BCUT2D eigenvalue weighted by Gasteiger charge is 2.35. The Morgan fingerprint density at radius 1 is 0.639 bits per heavy atom. The van der Waals surface area contributed by atoms with E-state index in [1.165, 1.54) is 0 Å². The van der Waals surface area contributed by atoms with Gasteiger partial charge in [0.1, 0.15) is 13.2 Å². The molecular formula is C26H38O10. The highest BCUT2D eigenvalue weighted by molar-refractivity contribution is 5.82. The van der Waals surface area contributed by atoms with Crippen molar-refractivity contribution in [3.05, 3.63) is 50.6 Å². The molecule has 0 spiro atoms. The summed E-state index contributed by atoms with van der Waals surface area (Å²) >= 11 is 0. The van der Waals surface area contributed by atoms with Gasteiger partial charge in [0.25, 0.3) is 0 Å². The molecule has 0 aromatic heterocycles. The Hall–Kier alpha value is -3.24. The van der Waals surface area contributed by atoms with E-state index in [2.05, 4.69) is 40.2 Å². The minimum atomic E-state index is -1.06. The first-order chi connectivity index (χ1) is 17.1. The van der Waals surface area contributed by atoms with Crippen LogP contribution in [-0.4, -0.2) is 76.7 Å². The van der Waals surface area contributed by atoms with Crippen molar-refractivity contribution in [2.24, 2.45) is 17.3 Å². The lowest BCUT2D eigenvalue weighted by molar-refractivity contribution is -0.158. The van der Waals surface area contributed by atoms with Crippen molar-refractivity contribution < 1.29 is 47.6 Å². The first-order valence-corrected chi connectivity index (χ1v) is 11.4. The van der Waals surface area contributed by atoms with Crippen molar-refractivity contribution in [2.75, 3.05) is 52.9 Å². The van der Waals surface area contributed by atoms with Gasteiger partial charge in [0.05, 0.1) is 44.4 Å². The zero-order valence-electron chi connectivity index (χ0n) is 21.2. The monoisotopic (exact) mass is 510 g/mol. The molecule has 0 rings (SSSR count). The first-order valence-electron chi connectivity index (χ1n) is 11.4. The number of hydrogen-bond acceptors (Lipinski definition) is 10. The van der Waals surface area contributed by atoms with Gasteiger partial charge in [-0.05, 0) is 12.3 Å². The van der Waals surface area contributed by atoms with Crippen LogP contribution in [0.5, 0.6) is 0 Å². The van der Waals surface area contributed by atoms with E-state index >= 15 is 0 Å². The zero-order valence-corrected chi connectivity index (χ0v) is 21.2. The van der Waals surface area contributed by atoms with Gasteiger partial charge in [-0.3, -0.25) is 0 Å². The smallest absolute Gasteiger partial charge is 0.330 e. The van der Waals surface area contributed by atoms with Crippen molar-refractivity contribution in [2.45, 2.75) is 20.3 Å². The minimum absolute atomic E-state index is 0.00655. The van der Waals surface area contributed by atoms with Crippen LogP contribution in [0.15, 0.2) is 50.6 Å². The Bertz CT molecular complexity index is 708. The molecule has 10 nitrogen and oxygen atoms in total. The van der Waals surface area contributed by atoms with E-state index in [0.717, 1.165) is 30.7 Å². The fourth-order valence-electron chi connectivity index (χ4n) is 2.53. The van der Waals surface area contributed by atoms with Crippen LogP contribution in [0.2, 0.25) is 0 Å². The summed E-state index contributed by atoms with van der Waals surface area (Å²) in [4.78, 5) is 46.4. The van der Waals surface area contributed by atoms with Gasteiger partial charge in [-0.1, -0.05) is 40.2 Å². The molecule has 0 aliphatic carbocycles. The van der Waals surface area contributed by atoms with Gasteiger partial charge < -0.3 is 28.4 Å². The van der Waals surface area contributed by atoms with Gasteiger partial charge in [0, 0.05) is 30.9 Å². The van der Waals surface area contributed by atoms with Crippen molar-refractivity contribution in [3.8, 4) is 0 Å². The van der Waals surface area contributed by atoms with Gasteiger partial charge >= 0.3 is 23.9 Å². The van der Waals surface area contributed by atoms with E-state index in [1.807, 2.05) is 0 Å². The van der Waals surface area contributed by atoms with Crippen LogP contribution in [0, 0.1) is 17.3 Å². The SMILES string of the molecule is C=CC(=O)OCC(COCC(COCCC(C)C)(COC(=O)C=C)COC(=O)C=C)COC(=O)C=C. The quantitative estimate of drug-likeness (QED) is 0.0985. The van der Waals surface area contributed by atoms with E-state index in [1.54, 1.807) is 0 Å². The van der Waals surface area contributed by atoms with Crippen molar-refractivity contribution >= 4 is 23.9 Å². The molecule has 0 saturated heterocycles. The number of ether oxygens (including phenoxy) is 6. The summed E-state index contributed by atoms with van der Waals surface area (Å²) in [5, 5.41) is 0. The Balaban J connectivity index is 5.50. The van der Waals surface area contributed by atoms with Crippen LogP contribution in [0.1, 0.15) is 20.3 Å². The lowest BCUT2D eigenvalue weighted by Gasteiger charge is -2.32. The number of carbonyl (C=O) groups is 4. The minimum Gasteiger partial charge on any atom is -0.462 e. The average molecular weight is 511 g/mol. The van der Waals surface area contributed by atoms with Crippen molar-refractivity contribution in [1.29, 1.82) is 0 Å². The first kappa shape index (κ1) is 32.8. The number of esters is 4. The third kappa shape index (κ3) is 15.6. The van der Waals surface area contributed by atoms with Crippen molar-refractivity contribution in [1.82, 2.24) is 0 Å². The summed E-state index contributed by atoms with van der Waals surface area (Å²) in [6.07, 6.45) is 4.84. The lowest BCUT2D eigenvalue weighted by atomic mass is 9.92. The average Bonchev–Trinajstić information content (AvgIpc) is 2.88. The summed E-state index contributed by atoms with van der Waals surface area (Å²) in [6.45, 7) is 17.4. The van der Waals surface area contributed by atoms with Gasteiger partial charge in [0.15, 0.2) is 0 Å². The fraction of sp³-hybridized carbons (Fsp3) is 0.538. The van der Waals surface area contributed by atoms with E-state index in [4.69, 9.17) is 28.4 Å². The van der Waals surface area contributed by atoms with E-state index in [-0.39, 0.29) is 46.2 Å². The second-order valence-electron chi connectivity index (χ2n) is 8.41. The maximum Gasteiger partial charge on any atom is 0.330 e. The summed E-state index contributed by atoms with van der Waals surface area (Å²) in [5.41, 5.74) is -1.06. The second kappa shape index (κ2) is 19.0. The molecule has 36 heavy (non-hydrogen) atoms. The van der Waals surface area contributed by atoms with E-state index in [9.17, 15) is 19.2 Å². The summed E-state index contributed by atoms with van der Waals surface area (Å²) in [5.74, 6) is -2.73. The Morgan fingerprint density at radius 3 is 1.47 bits per heavy atom. The summed E-state index contributed by atoms with van der Waals surface area (Å²) < 4.78 is 32.3. The molecule has 0 amide bonds. The van der Waals surface area contributed by atoms with Crippen LogP contribution in [0.3, 0.4) is 0 Å². The van der Waals surface area contributed by atoms with Crippen LogP contribution in [0.4, 0.5) is 0 Å². The highest BCUT2D eigenvalue weighted by atomic mass is 16.6. The molecule has 202 valence electrons. The van der Waals surface area contributed by atoms with Crippen LogP contribution >= 0.6 is 0 Å². The normalized spacial score (nSPS) is 10.9. The predicted octanol–water partition coefficient (Wildman–Crippen LogP) is 2.59. The van der Waals surface area contributed by atoms with Crippen molar-refractivity contribution in [3.63, 3.8) is 0 Å². The molecule has 0 unspecified atom stereocenters. The summed E-state index contributed by atoms with van der Waals surface area (Å²) in [6, 6.07) is 0. The van der Waals surface area contributed by atoms with Gasteiger partial charge in [-0.25, -0.2) is 19.2 Å². The summed E-state index contributed by atoms with van der Waals surface area (Å²) in [7, 11) is 0. The Labute approximate surface area is 212 Å². The molecular weight excluding hydrogens is 472 g/mol. The standard InChI is InChI=1S/C26H38O10/c1-7-22(27)33-14-21(15-34-23(28)8-2)13-32-17-26(18-35-24(29)9-3,19-36-25(30)10-4)16-31-12-11-20(5)6/h7-10,20-21H,1-4,11-19H2,5-6H3. The number of carbonyl (C=O) groups excluding carboxylic acids is 4. The molecule has 0 saturated carbocycles. The predicted molar refractivity (Wildman–Crippen MR) is 132 cm³/mol. The molecule has 0 aromatic rings. The molecule has 0 aromatic carbocycles. The van der Waals surface area contributed by atoms with E-state index < -0.39 is 35.2 Å². The van der Waals surface area contributed by atoms with Gasteiger partial charge in [-0.2, -0.15) is 0 Å². The fourth-order valence-corrected chi connectivity index (χ4v) is 2.53. The molecule has 0 N–H and O–H groups in total. The topological polar surface area (TPSA) is 124 Å². The zero-order chi connectivity index (χ0) is 27.4. The largest absolute Gasteiger partial charge is 0.462 e. The molecule has 0 aliphatic rings. The number of rotatable bonds is 21.